The maximum Gasteiger partial charge on any atom is 0.139 e. The summed E-state index contributed by atoms with van der Waals surface area (Å²) in [6.07, 6.45) is 2.16. The second-order valence-corrected chi connectivity index (χ2v) is 5.92. The lowest BCUT2D eigenvalue weighted by atomic mass is 10.0. The number of halogens is 2. The Balaban J connectivity index is 1.86. The molecule has 2 aromatic rings. The van der Waals surface area contributed by atoms with Gasteiger partial charge in [-0.05, 0) is 65.0 Å². The maximum absolute atomic E-state index is 13.5. The Morgan fingerprint density at radius 3 is 2.84 bits per heavy atom. The SMILES string of the molecule is Cc1ccc2c(c1)C(Nc1ccc(Br)c(F)c1)CC2. The van der Waals surface area contributed by atoms with Crippen molar-refractivity contribution in [2.75, 3.05) is 5.32 Å². The Hall–Kier alpha value is -1.35. The van der Waals surface area contributed by atoms with E-state index >= 15 is 0 Å². The van der Waals surface area contributed by atoms with E-state index in [2.05, 4.69) is 46.4 Å². The molecule has 1 N–H and O–H groups in total. The van der Waals surface area contributed by atoms with Crippen LogP contribution < -0.4 is 5.32 Å². The molecule has 19 heavy (non-hydrogen) atoms. The highest BCUT2D eigenvalue weighted by Gasteiger charge is 2.22. The van der Waals surface area contributed by atoms with Crippen LogP contribution in [0.5, 0.6) is 0 Å². The molecule has 0 radical (unpaired) electrons. The van der Waals surface area contributed by atoms with Crippen molar-refractivity contribution in [1.29, 1.82) is 0 Å². The summed E-state index contributed by atoms with van der Waals surface area (Å²) in [6.45, 7) is 2.11. The molecule has 1 unspecified atom stereocenters. The summed E-state index contributed by atoms with van der Waals surface area (Å²) in [5.41, 5.74) is 4.86. The number of nitrogens with one attached hydrogen (secondary N) is 1. The molecule has 1 aliphatic carbocycles. The zero-order valence-corrected chi connectivity index (χ0v) is 12.3. The standard InChI is InChI=1S/C16H15BrFN/c1-10-2-3-11-4-7-16(13(11)8-10)19-12-5-6-14(17)15(18)9-12/h2-3,5-6,8-9,16,19H,4,7H2,1H3. The van der Waals surface area contributed by atoms with Crippen LogP contribution >= 0.6 is 15.9 Å². The maximum atomic E-state index is 13.5. The zero-order chi connectivity index (χ0) is 13.4. The van der Waals surface area contributed by atoms with Crippen molar-refractivity contribution < 1.29 is 4.39 Å². The van der Waals surface area contributed by atoms with Gasteiger partial charge in [0.15, 0.2) is 0 Å². The van der Waals surface area contributed by atoms with Gasteiger partial charge in [0.2, 0.25) is 0 Å². The predicted molar refractivity (Wildman–Crippen MR) is 80.0 cm³/mol. The summed E-state index contributed by atoms with van der Waals surface area (Å²) in [5, 5.41) is 3.43. The summed E-state index contributed by atoms with van der Waals surface area (Å²) >= 11 is 3.17. The van der Waals surface area contributed by atoms with E-state index < -0.39 is 0 Å². The Kier molecular flexibility index (Phi) is 3.31. The fourth-order valence-electron chi connectivity index (χ4n) is 2.66. The number of benzene rings is 2. The second kappa shape index (κ2) is 4.97. The van der Waals surface area contributed by atoms with Gasteiger partial charge in [0, 0.05) is 5.69 Å². The first kappa shape index (κ1) is 12.7. The van der Waals surface area contributed by atoms with Gasteiger partial charge in [0.05, 0.1) is 10.5 Å². The molecule has 0 spiro atoms. The van der Waals surface area contributed by atoms with Crippen molar-refractivity contribution in [2.45, 2.75) is 25.8 Å². The van der Waals surface area contributed by atoms with Crippen molar-refractivity contribution in [3.63, 3.8) is 0 Å². The van der Waals surface area contributed by atoms with Gasteiger partial charge in [-0.15, -0.1) is 0 Å². The smallest absolute Gasteiger partial charge is 0.139 e. The van der Waals surface area contributed by atoms with E-state index in [1.165, 1.54) is 22.8 Å². The van der Waals surface area contributed by atoms with Crippen LogP contribution in [-0.2, 0) is 6.42 Å². The van der Waals surface area contributed by atoms with Crippen molar-refractivity contribution in [2.24, 2.45) is 0 Å². The molecule has 1 aliphatic rings. The molecule has 0 fully saturated rings. The first-order chi connectivity index (χ1) is 9.13. The molecular weight excluding hydrogens is 305 g/mol. The van der Waals surface area contributed by atoms with E-state index in [1.54, 1.807) is 6.07 Å². The van der Waals surface area contributed by atoms with Crippen LogP contribution in [0.1, 0.15) is 29.2 Å². The lowest BCUT2D eigenvalue weighted by Crippen LogP contribution is -2.07. The van der Waals surface area contributed by atoms with Gasteiger partial charge in [-0.1, -0.05) is 23.8 Å². The van der Waals surface area contributed by atoms with Crippen LogP contribution in [0.25, 0.3) is 0 Å². The van der Waals surface area contributed by atoms with E-state index in [4.69, 9.17) is 0 Å². The predicted octanol–water partition coefficient (Wildman–Crippen LogP) is 5.00. The Labute approximate surface area is 121 Å². The van der Waals surface area contributed by atoms with E-state index in [0.29, 0.717) is 4.47 Å². The topological polar surface area (TPSA) is 12.0 Å². The normalized spacial score (nSPS) is 17.3. The molecule has 0 amide bonds. The lowest BCUT2D eigenvalue weighted by Gasteiger charge is -2.16. The monoisotopic (exact) mass is 319 g/mol. The molecule has 0 heterocycles. The number of anilines is 1. The lowest BCUT2D eigenvalue weighted by molar-refractivity contribution is 0.621. The zero-order valence-electron chi connectivity index (χ0n) is 10.7. The van der Waals surface area contributed by atoms with Crippen molar-refractivity contribution in [3.05, 3.63) is 63.4 Å². The Morgan fingerprint density at radius 2 is 2.05 bits per heavy atom. The second-order valence-electron chi connectivity index (χ2n) is 5.07. The fraction of sp³-hybridized carbons (Fsp3) is 0.250. The van der Waals surface area contributed by atoms with Crippen molar-refractivity contribution in [1.82, 2.24) is 0 Å². The largest absolute Gasteiger partial charge is 0.378 e. The molecule has 1 nitrogen and oxygen atoms in total. The summed E-state index contributed by atoms with van der Waals surface area (Å²) in [5.74, 6) is -0.229. The highest BCUT2D eigenvalue weighted by atomic mass is 79.9. The minimum atomic E-state index is -0.229. The Morgan fingerprint density at radius 1 is 1.21 bits per heavy atom. The molecule has 0 aromatic heterocycles. The first-order valence-electron chi connectivity index (χ1n) is 6.44. The highest BCUT2D eigenvalue weighted by molar-refractivity contribution is 9.10. The van der Waals surface area contributed by atoms with E-state index in [0.717, 1.165) is 18.5 Å². The van der Waals surface area contributed by atoms with Gasteiger partial charge < -0.3 is 5.32 Å². The van der Waals surface area contributed by atoms with Crippen LogP contribution in [0.3, 0.4) is 0 Å². The van der Waals surface area contributed by atoms with Crippen LogP contribution in [0.4, 0.5) is 10.1 Å². The number of aryl methyl sites for hydroxylation is 2. The van der Waals surface area contributed by atoms with Gasteiger partial charge in [-0.2, -0.15) is 0 Å². The average Bonchev–Trinajstić information content (AvgIpc) is 2.77. The summed E-state index contributed by atoms with van der Waals surface area (Å²) in [7, 11) is 0. The van der Waals surface area contributed by atoms with Crippen molar-refractivity contribution in [3.8, 4) is 0 Å². The van der Waals surface area contributed by atoms with Crippen LogP contribution in [0.15, 0.2) is 40.9 Å². The average molecular weight is 320 g/mol. The van der Waals surface area contributed by atoms with Crippen molar-refractivity contribution >= 4 is 21.6 Å². The molecular formula is C16H15BrFN. The van der Waals surface area contributed by atoms with Gasteiger partial charge in [-0.25, -0.2) is 4.39 Å². The third-order valence-electron chi connectivity index (χ3n) is 3.64. The van der Waals surface area contributed by atoms with Crippen LogP contribution in [0.2, 0.25) is 0 Å². The molecule has 0 aliphatic heterocycles. The van der Waals surface area contributed by atoms with Gasteiger partial charge in [0.25, 0.3) is 0 Å². The molecule has 0 saturated carbocycles. The van der Waals surface area contributed by atoms with Gasteiger partial charge >= 0.3 is 0 Å². The summed E-state index contributed by atoms with van der Waals surface area (Å²) in [6, 6.07) is 12.1. The minimum absolute atomic E-state index is 0.229. The third kappa shape index (κ3) is 2.52. The molecule has 2 aromatic carbocycles. The highest BCUT2D eigenvalue weighted by Crippen LogP contribution is 2.34. The number of hydrogen-bond acceptors (Lipinski definition) is 1. The van der Waals surface area contributed by atoms with Gasteiger partial charge in [-0.3, -0.25) is 0 Å². The molecule has 0 bridgehead atoms. The Bertz CT molecular complexity index is 624. The quantitative estimate of drug-likeness (QED) is 0.821. The number of fused-ring (bicyclic) bond motifs is 1. The number of rotatable bonds is 2. The van der Waals surface area contributed by atoms with Crippen LogP contribution in [0, 0.1) is 12.7 Å². The van der Waals surface area contributed by atoms with E-state index in [1.807, 2.05) is 6.07 Å². The number of hydrogen-bond donors (Lipinski definition) is 1. The fourth-order valence-corrected chi connectivity index (χ4v) is 2.91. The molecule has 3 heteroatoms. The van der Waals surface area contributed by atoms with Crippen LogP contribution in [-0.4, -0.2) is 0 Å². The minimum Gasteiger partial charge on any atom is -0.378 e. The summed E-state index contributed by atoms with van der Waals surface area (Å²) in [4.78, 5) is 0. The first-order valence-corrected chi connectivity index (χ1v) is 7.24. The molecule has 1 atom stereocenters. The van der Waals surface area contributed by atoms with Gasteiger partial charge in [0.1, 0.15) is 5.82 Å². The van der Waals surface area contributed by atoms with E-state index in [-0.39, 0.29) is 11.9 Å². The van der Waals surface area contributed by atoms with E-state index in [9.17, 15) is 4.39 Å². The summed E-state index contributed by atoms with van der Waals surface area (Å²) < 4.78 is 14.0. The molecule has 98 valence electrons. The molecule has 0 saturated heterocycles. The third-order valence-corrected chi connectivity index (χ3v) is 4.28. The molecule has 3 rings (SSSR count).